The van der Waals surface area contributed by atoms with Gasteiger partial charge in [0.1, 0.15) is 11.6 Å². The Hall–Kier alpha value is -4.18. The van der Waals surface area contributed by atoms with Gasteiger partial charge < -0.3 is 5.32 Å². The molecule has 206 valence electrons. The average molecular weight is 555 g/mol. The molecule has 1 unspecified atom stereocenters. The minimum absolute atomic E-state index is 0.179. The first-order chi connectivity index (χ1) is 19.2. The number of anilines is 1. The number of nitrogens with one attached hydrogen (secondary N) is 2. The van der Waals surface area contributed by atoms with Gasteiger partial charge in [0.2, 0.25) is 0 Å². The van der Waals surface area contributed by atoms with E-state index in [1.165, 1.54) is 0 Å². The number of carbonyl (C=O) groups excluding carboxylic acids is 1. The van der Waals surface area contributed by atoms with E-state index in [0.717, 1.165) is 44.6 Å². The molecule has 4 aromatic heterocycles. The minimum Gasteiger partial charge on any atom is -0.334 e. The Morgan fingerprint density at radius 1 is 1.07 bits per heavy atom. The van der Waals surface area contributed by atoms with Crippen molar-refractivity contribution in [2.24, 2.45) is 0 Å². The molecule has 0 saturated heterocycles. The van der Waals surface area contributed by atoms with Gasteiger partial charge in [0.05, 0.1) is 17.6 Å². The Morgan fingerprint density at radius 3 is 2.65 bits per heavy atom. The fraction of sp³-hybridized carbons (Fsp3) is 0.300. The van der Waals surface area contributed by atoms with E-state index in [4.69, 9.17) is 5.10 Å². The lowest BCUT2D eigenvalue weighted by Crippen LogP contribution is -2.29. The van der Waals surface area contributed by atoms with Crippen LogP contribution in [-0.2, 0) is 12.0 Å². The monoisotopic (exact) mass is 554 g/mol. The molecule has 0 aliphatic rings. The number of benzene rings is 1. The third-order valence-corrected chi connectivity index (χ3v) is 7.80. The highest BCUT2D eigenvalue weighted by atomic mass is 32.2. The van der Waals surface area contributed by atoms with Crippen molar-refractivity contribution in [1.82, 2.24) is 34.7 Å². The number of hydrogen-bond donors (Lipinski definition) is 2. The van der Waals surface area contributed by atoms with Gasteiger partial charge in [0.25, 0.3) is 0 Å². The van der Waals surface area contributed by atoms with Crippen molar-refractivity contribution in [2.75, 3.05) is 5.32 Å². The van der Waals surface area contributed by atoms with Crippen molar-refractivity contribution in [3.05, 3.63) is 90.3 Å². The van der Waals surface area contributed by atoms with Gasteiger partial charge in [-0.3, -0.25) is 14.7 Å². The van der Waals surface area contributed by atoms with Gasteiger partial charge in [-0.2, -0.15) is 5.10 Å². The molecular weight excluding hydrogens is 520 g/mol. The first-order valence-corrected chi connectivity index (χ1v) is 14.2. The van der Waals surface area contributed by atoms with Crippen LogP contribution >= 0.6 is 11.8 Å². The van der Waals surface area contributed by atoms with E-state index in [1.807, 2.05) is 42.5 Å². The SMILES string of the molecule is CCC(C)c1nnc2ccc(Sc3ccccc3CNC(=O)Nc3cc(C(C)(C)C)nn3-c3cccnc3)cn12. The first kappa shape index (κ1) is 27.4. The second-order valence-corrected chi connectivity index (χ2v) is 11.9. The molecule has 5 rings (SSSR count). The molecule has 0 aliphatic carbocycles. The van der Waals surface area contributed by atoms with Gasteiger partial charge in [-0.25, -0.2) is 9.48 Å². The topological polar surface area (TPSA) is 102 Å². The minimum atomic E-state index is -0.311. The van der Waals surface area contributed by atoms with Crippen LogP contribution in [0, 0.1) is 0 Å². The van der Waals surface area contributed by atoms with Crippen LogP contribution in [0.3, 0.4) is 0 Å². The molecule has 0 radical (unpaired) electrons. The molecular formula is C30H34N8OS. The molecule has 4 heterocycles. The molecule has 2 N–H and O–H groups in total. The Morgan fingerprint density at radius 2 is 1.90 bits per heavy atom. The number of rotatable bonds is 8. The molecule has 0 aliphatic heterocycles. The number of urea groups is 1. The van der Waals surface area contributed by atoms with Crippen LogP contribution in [0.25, 0.3) is 11.3 Å². The van der Waals surface area contributed by atoms with Gasteiger partial charge in [-0.05, 0) is 42.3 Å². The molecule has 5 aromatic rings. The lowest BCUT2D eigenvalue weighted by atomic mass is 9.92. The zero-order valence-corrected chi connectivity index (χ0v) is 24.2. The summed E-state index contributed by atoms with van der Waals surface area (Å²) in [5, 5.41) is 19.4. The maximum atomic E-state index is 13.0. The number of aromatic nitrogens is 6. The van der Waals surface area contributed by atoms with Gasteiger partial charge in [0.15, 0.2) is 5.65 Å². The summed E-state index contributed by atoms with van der Waals surface area (Å²) >= 11 is 1.65. The summed E-state index contributed by atoms with van der Waals surface area (Å²) in [4.78, 5) is 19.4. The molecule has 0 bridgehead atoms. The molecule has 40 heavy (non-hydrogen) atoms. The molecule has 1 aromatic carbocycles. The highest BCUT2D eigenvalue weighted by Gasteiger charge is 2.22. The molecule has 0 fully saturated rings. The molecule has 10 heteroatoms. The Kier molecular flexibility index (Phi) is 7.88. The second-order valence-electron chi connectivity index (χ2n) is 10.8. The lowest BCUT2D eigenvalue weighted by Gasteiger charge is -2.14. The van der Waals surface area contributed by atoms with Gasteiger partial charge >= 0.3 is 6.03 Å². The van der Waals surface area contributed by atoms with Crippen LogP contribution in [0.2, 0.25) is 0 Å². The van der Waals surface area contributed by atoms with E-state index >= 15 is 0 Å². The highest BCUT2D eigenvalue weighted by Crippen LogP contribution is 2.32. The van der Waals surface area contributed by atoms with Crippen LogP contribution < -0.4 is 10.6 Å². The summed E-state index contributed by atoms with van der Waals surface area (Å²) in [6.07, 6.45) is 6.51. The number of fused-ring (bicyclic) bond motifs is 1. The molecule has 9 nitrogen and oxygen atoms in total. The van der Waals surface area contributed by atoms with Crippen molar-refractivity contribution in [1.29, 1.82) is 0 Å². The summed E-state index contributed by atoms with van der Waals surface area (Å²) in [5.74, 6) is 1.86. The van der Waals surface area contributed by atoms with Crippen molar-refractivity contribution in [2.45, 2.75) is 68.7 Å². The summed E-state index contributed by atoms with van der Waals surface area (Å²) in [7, 11) is 0. The normalized spacial score (nSPS) is 12.4. The van der Waals surface area contributed by atoms with Gasteiger partial charge in [-0.1, -0.05) is 64.6 Å². The van der Waals surface area contributed by atoms with Crippen LogP contribution in [0.4, 0.5) is 10.6 Å². The van der Waals surface area contributed by atoms with E-state index in [-0.39, 0.29) is 11.4 Å². The van der Waals surface area contributed by atoms with E-state index in [0.29, 0.717) is 18.3 Å². The first-order valence-electron chi connectivity index (χ1n) is 13.4. The summed E-state index contributed by atoms with van der Waals surface area (Å²) in [5.41, 5.74) is 3.32. The third-order valence-electron chi connectivity index (χ3n) is 6.70. The number of hydrogen-bond acceptors (Lipinski definition) is 6. The second kappa shape index (κ2) is 11.5. The molecule has 0 saturated carbocycles. The maximum absolute atomic E-state index is 13.0. The zero-order valence-electron chi connectivity index (χ0n) is 23.4. The van der Waals surface area contributed by atoms with Crippen LogP contribution in [0.5, 0.6) is 0 Å². The summed E-state index contributed by atoms with van der Waals surface area (Å²) in [6, 6.07) is 17.5. The molecule has 0 spiro atoms. The number of nitrogens with zero attached hydrogens (tertiary/aromatic N) is 6. The quantitative estimate of drug-likeness (QED) is 0.224. The molecule has 2 amide bonds. The standard InChI is InChI=1S/C30H34N8OS/c1-6-20(2)28-35-34-26-14-13-23(19-37(26)28)40-24-12-8-7-10-21(24)17-32-29(39)33-27-16-25(30(3,4)5)36-38(27)22-11-9-15-31-18-22/h7-16,18-20H,6,17H2,1-5H3,(H2,32,33,39). The predicted octanol–water partition coefficient (Wildman–Crippen LogP) is 6.59. The summed E-state index contributed by atoms with van der Waals surface area (Å²) in [6.45, 7) is 11.0. The van der Waals surface area contributed by atoms with Gasteiger partial charge in [-0.15, -0.1) is 10.2 Å². The Labute approximate surface area is 238 Å². The van der Waals surface area contributed by atoms with Crippen molar-refractivity contribution >= 4 is 29.3 Å². The Balaban J connectivity index is 1.31. The van der Waals surface area contributed by atoms with Crippen molar-refractivity contribution in [3.8, 4) is 5.69 Å². The van der Waals surface area contributed by atoms with Crippen LogP contribution in [-0.4, -0.2) is 35.4 Å². The van der Waals surface area contributed by atoms with E-state index in [1.54, 1.807) is 28.8 Å². The third kappa shape index (κ3) is 6.02. The lowest BCUT2D eigenvalue weighted by molar-refractivity contribution is 0.251. The van der Waals surface area contributed by atoms with E-state index in [9.17, 15) is 4.79 Å². The van der Waals surface area contributed by atoms with E-state index in [2.05, 4.69) is 83.2 Å². The predicted molar refractivity (Wildman–Crippen MR) is 158 cm³/mol. The van der Waals surface area contributed by atoms with Gasteiger partial charge in [0, 0.05) is 46.1 Å². The maximum Gasteiger partial charge on any atom is 0.320 e. The Bertz CT molecular complexity index is 1620. The molecule has 1 atom stereocenters. The zero-order chi connectivity index (χ0) is 28.3. The van der Waals surface area contributed by atoms with Crippen LogP contribution in [0.15, 0.2) is 83.0 Å². The van der Waals surface area contributed by atoms with Crippen molar-refractivity contribution < 1.29 is 4.79 Å². The summed E-state index contributed by atoms with van der Waals surface area (Å²) < 4.78 is 3.79. The van der Waals surface area contributed by atoms with Crippen LogP contribution in [0.1, 0.15) is 64.0 Å². The fourth-order valence-corrected chi connectivity index (χ4v) is 5.16. The number of pyridine rings is 2. The van der Waals surface area contributed by atoms with E-state index < -0.39 is 0 Å². The smallest absolute Gasteiger partial charge is 0.320 e. The fourth-order valence-electron chi connectivity index (χ4n) is 4.19. The highest BCUT2D eigenvalue weighted by molar-refractivity contribution is 7.99. The number of amides is 2. The number of carbonyl (C=O) groups is 1. The van der Waals surface area contributed by atoms with Crippen molar-refractivity contribution in [3.63, 3.8) is 0 Å². The largest absolute Gasteiger partial charge is 0.334 e. The average Bonchev–Trinajstić information content (AvgIpc) is 3.57.